The normalized spacial score (nSPS) is 13.1. The third-order valence-electron chi connectivity index (χ3n) is 5.93. The summed E-state index contributed by atoms with van der Waals surface area (Å²) in [6.07, 6.45) is 0. The van der Waals surface area contributed by atoms with Gasteiger partial charge in [0.05, 0.1) is 17.1 Å². The molecule has 0 radical (unpaired) electrons. The number of aryl methyl sites for hydroxylation is 1. The maximum Gasteiger partial charge on any atom is 0.277 e. The molecule has 11 heteroatoms. The van der Waals surface area contributed by atoms with E-state index < -0.39 is 28.7 Å². The van der Waals surface area contributed by atoms with Crippen LogP contribution in [0.25, 0.3) is 5.69 Å². The molecule has 0 aliphatic carbocycles. The van der Waals surface area contributed by atoms with Gasteiger partial charge in [0.15, 0.2) is 0 Å². The van der Waals surface area contributed by atoms with Crippen molar-refractivity contribution in [2.45, 2.75) is 39.9 Å². The van der Waals surface area contributed by atoms with Gasteiger partial charge in [-0.25, -0.2) is 8.78 Å². The van der Waals surface area contributed by atoms with E-state index in [9.17, 15) is 28.3 Å². The minimum Gasteiger partial charge on any atom is -0.487 e. The van der Waals surface area contributed by atoms with Crippen LogP contribution in [-0.4, -0.2) is 33.8 Å². The minimum atomic E-state index is -1.70. The molecule has 0 unspecified atom stereocenters. The molecule has 2 aromatic carbocycles. The molecule has 8 nitrogen and oxygen atoms in total. The zero-order chi connectivity index (χ0) is 27.2. The van der Waals surface area contributed by atoms with Crippen LogP contribution in [0.4, 0.5) is 20.2 Å². The molecule has 0 saturated carbocycles. The zero-order valence-electron chi connectivity index (χ0n) is 20.5. The number of pyridine rings is 1. The van der Waals surface area contributed by atoms with Crippen LogP contribution in [0.1, 0.15) is 32.0 Å². The van der Waals surface area contributed by atoms with Crippen molar-refractivity contribution in [1.82, 2.24) is 4.57 Å². The van der Waals surface area contributed by atoms with Gasteiger partial charge in [0, 0.05) is 30.3 Å². The molecule has 0 bridgehead atoms. The number of aliphatic hydroxyl groups is 1. The lowest BCUT2D eigenvalue weighted by Crippen LogP contribution is -2.47. The fourth-order valence-corrected chi connectivity index (χ4v) is 4.26. The average molecular weight is 532 g/mol. The van der Waals surface area contributed by atoms with E-state index in [0.717, 1.165) is 12.1 Å². The SMILES string of the molecule is CC(=O)N1CN(C(=O)C(C)(C)O)c2cc(-n3c(C)cc(OCc4ccc(F)cc4F)c(Cl)c3=O)ccc21. The number of hydrogen-bond acceptors (Lipinski definition) is 5. The van der Waals surface area contributed by atoms with Crippen LogP contribution in [0.15, 0.2) is 47.3 Å². The Morgan fingerprint density at radius 1 is 1.08 bits per heavy atom. The quantitative estimate of drug-likeness (QED) is 0.535. The maximum atomic E-state index is 14.0. The first-order valence-corrected chi connectivity index (χ1v) is 11.6. The van der Waals surface area contributed by atoms with E-state index in [0.29, 0.717) is 22.8 Å². The topological polar surface area (TPSA) is 92.1 Å². The molecule has 3 aromatic rings. The number of benzene rings is 2. The molecule has 0 atom stereocenters. The number of carbonyl (C=O) groups is 2. The average Bonchev–Trinajstić information content (AvgIpc) is 3.19. The Kier molecular flexibility index (Phi) is 6.83. The third kappa shape index (κ3) is 4.94. The van der Waals surface area contributed by atoms with Crippen molar-refractivity contribution < 1.29 is 28.2 Å². The van der Waals surface area contributed by atoms with Gasteiger partial charge in [0.1, 0.15) is 41.3 Å². The second-order valence-electron chi connectivity index (χ2n) is 9.18. The van der Waals surface area contributed by atoms with Crippen molar-refractivity contribution in [2.75, 3.05) is 16.5 Å². The molecule has 37 heavy (non-hydrogen) atoms. The Labute approximate surface area is 216 Å². The number of halogens is 3. The van der Waals surface area contributed by atoms with Crippen LogP contribution < -0.4 is 20.1 Å². The monoisotopic (exact) mass is 531 g/mol. The van der Waals surface area contributed by atoms with Crippen molar-refractivity contribution in [3.05, 3.63) is 80.7 Å². The number of rotatable bonds is 5. The van der Waals surface area contributed by atoms with E-state index in [1.165, 1.54) is 47.3 Å². The van der Waals surface area contributed by atoms with Gasteiger partial charge < -0.3 is 9.84 Å². The van der Waals surface area contributed by atoms with Gasteiger partial charge in [-0.1, -0.05) is 11.6 Å². The Bertz CT molecular complexity index is 1480. The van der Waals surface area contributed by atoms with Gasteiger partial charge in [0.2, 0.25) is 5.91 Å². The first-order valence-electron chi connectivity index (χ1n) is 11.3. The highest BCUT2D eigenvalue weighted by Crippen LogP contribution is 2.39. The predicted molar refractivity (Wildman–Crippen MR) is 134 cm³/mol. The Morgan fingerprint density at radius 2 is 1.78 bits per heavy atom. The number of fused-ring (bicyclic) bond motifs is 1. The highest BCUT2D eigenvalue weighted by Gasteiger charge is 2.38. The summed E-state index contributed by atoms with van der Waals surface area (Å²) in [5, 5.41) is 10.0. The molecular weight excluding hydrogens is 508 g/mol. The highest BCUT2D eigenvalue weighted by molar-refractivity contribution is 6.31. The van der Waals surface area contributed by atoms with E-state index in [1.54, 1.807) is 25.1 Å². The van der Waals surface area contributed by atoms with E-state index >= 15 is 0 Å². The van der Waals surface area contributed by atoms with Crippen LogP contribution in [0, 0.1) is 18.6 Å². The molecule has 0 spiro atoms. The van der Waals surface area contributed by atoms with Crippen molar-refractivity contribution in [2.24, 2.45) is 0 Å². The fourth-order valence-electron chi connectivity index (χ4n) is 4.06. The summed E-state index contributed by atoms with van der Waals surface area (Å²) in [4.78, 5) is 40.9. The highest BCUT2D eigenvalue weighted by atomic mass is 35.5. The molecule has 1 N–H and O–H groups in total. The summed E-state index contributed by atoms with van der Waals surface area (Å²) in [6, 6.07) is 9.33. The number of hydrogen-bond donors (Lipinski definition) is 1. The second-order valence-corrected chi connectivity index (χ2v) is 9.56. The minimum absolute atomic E-state index is 0.0203. The lowest BCUT2D eigenvalue weighted by molar-refractivity contribution is -0.133. The molecule has 1 aromatic heterocycles. The van der Waals surface area contributed by atoms with Gasteiger partial charge in [-0.3, -0.25) is 28.8 Å². The van der Waals surface area contributed by atoms with Gasteiger partial charge in [-0.05, 0) is 51.1 Å². The molecule has 0 saturated heterocycles. The molecule has 1 aliphatic rings. The second kappa shape index (κ2) is 9.60. The molecule has 0 fully saturated rings. The lowest BCUT2D eigenvalue weighted by Gasteiger charge is -2.25. The van der Waals surface area contributed by atoms with E-state index in [1.807, 2.05) is 0 Å². The smallest absolute Gasteiger partial charge is 0.277 e. The summed E-state index contributed by atoms with van der Waals surface area (Å²) < 4.78 is 34.0. The third-order valence-corrected chi connectivity index (χ3v) is 6.28. The first kappa shape index (κ1) is 26.3. The fraction of sp³-hybridized carbons (Fsp3) is 0.269. The molecule has 194 valence electrons. The van der Waals surface area contributed by atoms with Crippen molar-refractivity contribution in [3.63, 3.8) is 0 Å². The Morgan fingerprint density at radius 3 is 2.41 bits per heavy atom. The lowest BCUT2D eigenvalue weighted by atomic mass is 10.1. The van der Waals surface area contributed by atoms with E-state index in [-0.39, 0.29) is 35.5 Å². The van der Waals surface area contributed by atoms with Gasteiger partial charge in [-0.2, -0.15) is 0 Å². The largest absolute Gasteiger partial charge is 0.487 e. The van der Waals surface area contributed by atoms with Crippen molar-refractivity contribution >= 4 is 34.8 Å². The summed E-state index contributed by atoms with van der Waals surface area (Å²) in [5.74, 6) is -2.40. The zero-order valence-corrected chi connectivity index (χ0v) is 21.3. The molecule has 2 heterocycles. The number of anilines is 2. The van der Waals surface area contributed by atoms with Gasteiger partial charge in [0.25, 0.3) is 11.5 Å². The molecular formula is C26H24ClF2N3O5. The van der Waals surface area contributed by atoms with Crippen LogP contribution in [0.3, 0.4) is 0 Å². The summed E-state index contributed by atoms with van der Waals surface area (Å²) in [6.45, 7) is 5.33. The number of amides is 2. The van der Waals surface area contributed by atoms with E-state index in [4.69, 9.17) is 16.3 Å². The molecule has 1 aliphatic heterocycles. The van der Waals surface area contributed by atoms with Crippen LogP contribution in [0.2, 0.25) is 5.02 Å². The van der Waals surface area contributed by atoms with Gasteiger partial charge >= 0.3 is 0 Å². The van der Waals surface area contributed by atoms with Crippen LogP contribution >= 0.6 is 11.6 Å². The van der Waals surface area contributed by atoms with Gasteiger partial charge in [-0.15, -0.1) is 0 Å². The molecule has 2 amide bonds. The number of nitrogens with zero attached hydrogens (tertiary/aromatic N) is 3. The number of carbonyl (C=O) groups excluding carboxylic acids is 2. The summed E-state index contributed by atoms with van der Waals surface area (Å²) >= 11 is 6.31. The maximum absolute atomic E-state index is 14.0. The Hall–Kier alpha value is -3.76. The Balaban J connectivity index is 1.72. The summed E-state index contributed by atoms with van der Waals surface area (Å²) in [7, 11) is 0. The predicted octanol–water partition coefficient (Wildman–Crippen LogP) is 4.08. The van der Waals surface area contributed by atoms with Crippen molar-refractivity contribution in [1.29, 1.82) is 0 Å². The van der Waals surface area contributed by atoms with E-state index in [2.05, 4.69) is 0 Å². The van der Waals surface area contributed by atoms with Crippen LogP contribution in [0.5, 0.6) is 5.75 Å². The summed E-state index contributed by atoms with van der Waals surface area (Å²) in [5.41, 5.74) is -0.660. The number of aromatic nitrogens is 1. The number of ether oxygens (including phenoxy) is 1. The van der Waals surface area contributed by atoms with Crippen molar-refractivity contribution in [3.8, 4) is 11.4 Å². The standard InChI is InChI=1S/C26H24ClF2N3O5/c1-14-9-22(37-12-16-5-6-17(28)10-19(16)29)23(27)24(34)32(14)18-7-8-20-21(11-18)31(13-30(20)15(2)33)25(35)26(3,4)36/h5-11,36H,12-13H2,1-4H3. The first-order chi connectivity index (χ1) is 17.3. The molecule has 4 rings (SSSR count). The van der Waals surface area contributed by atoms with Crippen LogP contribution in [-0.2, 0) is 16.2 Å².